The van der Waals surface area contributed by atoms with Crippen molar-refractivity contribution in [1.82, 2.24) is 15.0 Å². The van der Waals surface area contributed by atoms with Crippen molar-refractivity contribution in [1.29, 1.82) is 0 Å². The molecular formula is C13H25N3. The van der Waals surface area contributed by atoms with Gasteiger partial charge in [0, 0.05) is 6.54 Å². The lowest BCUT2D eigenvalue weighted by Gasteiger charge is -2.07. The van der Waals surface area contributed by atoms with Crippen LogP contribution in [0.25, 0.3) is 0 Å². The molecule has 1 heterocycles. The number of hydrogen-bond donors (Lipinski definition) is 0. The zero-order valence-corrected chi connectivity index (χ0v) is 11.2. The standard InChI is InChI=1S/C13H25N3/c1-5-7-8-13-12(10-11(3)4)14-15-16(13)9-6-2/h11H,5-10H2,1-4H3. The number of hydrogen-bond acceptors (Lipinski definition) is 2. The first-order chi connectivity index (χ1) is 7.69. The fourth-order valence-electron chi connectivity index (χ4n) is 1.92. The molecule has 3 nitrogen and oxygen atoms in total. The minimum absolute atomic E-state index is 0.659. The van der Waals surface area contributed by atoms with E-state index in [0.29, 0.717) is 5.92 Å². The van der Waals surface area contributed by atoms with E-state index in [2.05, 4.69) is 42.7 Å². The van der Waals surface area contributed by atoms with Crippen LogP contribution in [0.15, 0.2) is 0 Å². The van der Waals surface area contributed by atoms with E-state index >= 15 is 0 Å². The van der Waals surface area contributed by atoms with E-state index in [0.717, 1.165) is 25.8 Å². The van der Waals surface area contributed by atoms with Gasteiger partial charge in [0.05, 0.1) is 11.4 Å². The third-order valence-corrected chi connectivity index (χ3v) is 2.72. The summed E-state index contributed by atoms with van der Waals surface area (Å²) >= 11 is 0. The van der Waals surface area contributed by atoms with Gasteiger partial charge in [-0.2, -0.15) is 0 Å². The molecule has 0 aliphatic carbocycles. The summed E-state index contributed by atoms with van der Waals surface area (Å²) in [5.74, 6) is 0.659. The van der Waals surface area contributed by atoms with Crippen LogP contribution in [0, 0.1) is 5.92 Å². The van der Waals surface area contributed by atoms with Gasteiger partial charge in [0.25, 0.3) is 0 Å². The van der Waals surface area contributed by atoms with Crippen LogP contribution >= 0.6 is 0 Å². The topological polar surface area (TPSA) is 30.7 Å². The summed E-state index contributed by atoms with van der Waals surface area (Å²) in [4.78, 5) is 0. The Morgan fingerprint density at radius 2 is 1.94 bits per heavy atom. The van der Waals surface area contributed by atoms with Gasteiger partial charge in [-0.25, -0.2) is 4.68 Å². The molecule has 0 radical (unpaired) electrons. The Labute approximate surface area is 99.2 Å². The lowest BCUT2D eigenvalue weighted by Crippen LogP contribution is -2.07. The molecule has 3 heteroatoms. The van der Waals surface area contributed by atoms with Crippen molar-refractivity contribution in [3.05, 3.63) is 11.4 Å². The molecule has 0 N–H and O–H groups in total. The van der Waals surface area contributed by atoms with Gasteiger partial charge in [0.1, 0.15) is 0 Å². The summed E-state index contributed by atoms with van der Waals surface area (Å²) in [5, 5.41) is 8.62. The van der Waals surface area contributed by atoms with Gasteiger partial charge in [-0.3, -0.25) is 0 Å². The number of nitrogens with zero attached hydrogens (tertiary/aromatic N) is 3. The third-order valence-electron chi connectivity index (χ3n) is 2.72. The summed E-state index contributed by atoms with van der Waals surface area (Å²) < 4.78 is 2.10. The normalized spacial score (nSPS) is 11.3. The van der Waals surface area contributed by atoms with Gasteiger partial charge < -0.3 is 0 Å². The fourth-order valence-corrected chi connectivity index (χ4v) is 1.92. The zero-order valence-electron chi connectivity index (χ0n) is 11.2. The summed E-state index contributed by atoms with van der Waals surface area (Å²) in [7, 11) is 0. The Morgan fingerprint density at radius 1 is 1.19 bits per heavy atom. The molecule has 0 spiro atoms. The molecule has 92 valence electrons. The molecule has 0 saturated heterocycles. The largest absolute Gasteiger partial charge is 0.249 e. The van der Waals surface area contributed by atoms with Crippen LogP contribution in [0.2, 0.25) is 0 Å². The van der Waals surface area contributed by atoms with E-state index in [1.165, 1.54) is 24.2 Å². The molecule has 0 atom stereocenters. The molecule has 0 amide bonds. The number of aromatic nitrogens is 3. The average Bonchev–Trinajstić information content (AvgIpc) is 2.58. The summed E-state index contributed by atoms with van der Waals surface area (Å²) in [6.45, 7) is 9.90. The van der Waals surface area contributed by atoms with Crippen LogP contribution in [-0.4, -0.2) is 15.0 Å². The molecule has 0 aromatic carbocycles. The van der Waals surface area contributed by atoms with Gasteiger partial charge in [0.2, 0.25) is 0 Å². The molecule has 1 aromatic heterocycles. The average molecular weight is 223 g/mol. The Hall–Kier alpha value is -0.860. The van der Waals surface area contributed by atoms with Gasteiger partial charge in [-0.15, -0.1) is 5.10 Å². The van der Waals surface area contributed by atoms with Gasteiger partial charge >= 0.3 is 0 Å². The van der Waals surface area contributed by atoms with Crippen LogP contribution in [0.3, 0.4) is 0 Å². The molecule has 1 aromatic rings. The summed E-state index contributed by atoms with van der Waals surface area (Å²) in [6, 6.07) is 0. The molecule has 0 unspecified atom stereocenters. The Balaban J connectivity index is 2.80. The van der Waals surface area contributed by atoms with E-state index in [-0.39, 0.29) is 0 Å². The minimum Gasteiger partial charge on any atom is -0.249 e. The van der Waals surface area contributed by atoms with Crippen molar-refractivity contribution in [3.8, 4) is 0 Å². The highest BCUT2D eigenvalue weighted by Crippen LogP contribution is 2.14. The molecule has 0 bridgehead atoms. The van der Waals surface area contributed by atoms with Crippen molar-refractivity contribution >= 4 is 0 Å². The smallest absolute Gasteiger partial charge is 0.0861 e. The third kappa shape index (κ3) is 3.62. The maximum Gasteiger partial charge on any atom is 0.0861 e. The minimum atomic E-state index is 0.659. The van der Waals surface area contributed by atoms with E-state index in [4.69, 9.17) is 0 Å². The van der Waals surface area contributed by atoms with Crippen LogP contribution < -0.4 is 0 Å². The maximum atomic E-state index is 4.34. The summed E-state index contributed by atoms with van der Waals surface area (Å²) in [6.07, 6.45) is 5.79. The summed E-state index contributed by atoms with van der Waals surface area (Å²) in [5.41, 5.74) is 2.59. The second-order valence-corrected chi connectivity index (χ2v) is 4.91. The van der Waals surface area contributed by atoms with E-state index in [1.807, 2.05) is 0 Å². The fraction of sp³-hybridized carbons (Fsp3) is 0.846. The van der Waals surface area contributed by atoms with E-state index in [1.54, 1.807) is 0 Å². The van der Waals surface area contributed by atoms with E-state index < -0.39 is 0 Å². The van der Waals surface area contributed by atoms with Crippen molar-refractivity contribution in [3.63, 3.8) is 0 Å². The highest BCUT2D eigenvalue weighted by molar-refractivity contribution is 5.11. The second kappa shape index (κ2) is 6.66. The van der Waals surface area contributed by atoms with Gasteiger partial charge in [-0.1, -0.05) is 39.3 Å². The maximum absolute atomic E-state index is 4.34. The lowest BCUT2D eigenvalue weighted by molar-refractivity contribution is 0.548. The Bertz CT molecular complexity index is 302. The van der Waals surface area contributed by atoms with E-state index in [9.17, 15) is 0 Å². The second-order valence-electron chi connectivity index (χ2n) is 4.91. The number of aryl methyl sites for hydroxylation is 1. The van der Waals surface area contributed by atoms with Crippen LogP contribution in [-0.2, 0) is 19.4 Å². The first kappa shape index (κ1) is 13.2. The number of unbranched alkanes of at least 4 members (excludes halogenated alkanes) is 1. The van der Waals surface area contributed by atoms with Crippen molar-refractivity contribution < 1.29 is 0 Å². The molecule has 0 fully saturated rings. The monoisotopic (exact) mass is 223 g/mol. The highest BCUT2D eigenvalue weighted by atomic mass is 15.4. The Kier molecular flexibility index (Phi) is 5.50. The van der Waals surface area contributed by atoms with Crippen LogP contribution in [0.1, 0.15) is 58.3 Å². The van der Waals surface area contributed by atoms with Gasteiger partial charge in [-0.05, 0) is 31.6 Å². The first-order valence-electron chi connectivity index (χ1n) is 6.60. The quantitative estimate of drug-likeness (QED) is 0.710. The zero-order chi connectivity index (χ0) is 12.0. The molecule has 1 rings (SSSR count). The highest BCUT2D eigenvalue weighted by Gasteiger charge is 2.12. The molecule has 0 saturated carbocycles. The SMILES string of the molecule is CCCCc1c(CC(C)C)nnn1CCC. The lowest BCUT2D eigenvalue weighted by atomic mass is 10.0. The van der Waals surface area contributed by atoms with Crippen LogP contribution in [0.4, 0.5) is 0 Å². The molecule has 0 aliphatic rings. The van der Waals surface area contributed by atoms with Crippen molar-refractivity contribution in [2.45, 2.75) is 66.3 Å². The first-order valence-corrected chi connectivity index (χ1v) is 6.60. The van der Waals surface area contributed by atoms with Crippen molar-refractivity contribution in [2.24, 2.45) is 5.92 Å². The predicted molar refractivity (Wildman–Crippen MR) is 67.5 cm³/mol. The molecule has 16 heavy (non-hydrogen) atoms. The predicted octanol–water partition coefficient (Wildman–Crippen LogP) is 3.23. The molecular weight excluding hydrogens is 198 g/mol. The van der Waals surface area contributed by atoms with Gasteiger partial charge in [0.15, 0.2) is 0 Å². The molecule has 0 aliphatic heterocycles. The number of rotatable bonds is 7. The Morgan fingerprint density at radius 3 is 2.50 bits per heavy atom. The van der Waals surface area contributed by atoms with Crippen LogP contribution in [0.5, 0.6) is 0 Å². The van der Waals surface area contributed by atoms with Crippen molar-refractivity contribution in [2.75, 3.05) is 0 Å².